The average molecular weight is 315 g/mol. The summed E-state index contributed by atoms with van der Waals surface area (Å²) in [4.78, 5) is 26.1. The highest BCUT2D eigenvalue weighted by Gasteiger charge is 2.33. The van der Waals surface area contributed by atoms with Crippen LogP contribution in [0.2, 0.25) is 0 Å². The molecule has 2 aromatic rings. The van der Waals surface area contributed by atoms with Crippen LogP contribution in [0.15, 0.2) is 29.6 Å². The Bertz CT molecular complexity index is 697. The first-order valence-corrected chi connectivity index (χ1v) is 6.39. The molecule has 5 nitrogen and oxygen atoms in total. The van der Waals surface area contributed by atoms with Crippen molar-refractivity contribution in [2.24, 2.45) is 5.73 Å². The molecular formula is C12H8F3N3O2S. The van der Waals surface area contributed by atoms with Gasteiger partial charge in [-0.1, -0.05) is 6.07 Å². The second kappa shape index (κ2) is 5.52. The monoisotopic (exact) mass is 315 g/mol. The zero-order valence-corrected chi connectivity index (χ0v) is 11.1. The number of nitrogens with zero attached hydrogens (tertiary/aromatic N) is 1. The van der Waals surface area contributed by atoms with Crippen LogP contribution < -0.4 is 11.1 Å². The van der Waals surface area contributed by atoms with Crippen LogP contribution in [-0.4, -0.2) is 16.8 Å². The van der Waals surface area contributed by atoms with Crippen molar-refractivity contribution in [3.8, 4) is 0 Å². The summed E-state index contributed by atoms with van der Waals surface area (Å²) in [6.45, 7) is 0. The molecule has 2 amide bonds. The molecule has 9 heteroatoms. The predicted molar refractivity (Wildman–Crippen MR) is 70.0 cm³/mol. The highest BCUT2D eigenvalue weighted by Crippen LogP contribution is 2.31. The van der Waals surface area contributed by atoms with Gasteiger partial charge in [0.1, 0.15) is 0 Å². The Kier molecular flexibility index (Phi) is 3.94. The number of halogens is 3. The molecular weight excluding hydrogens is 307 g/mol. The molecule has 0 bridgehead atoms. The summed E-state index contributed by atoms with van der Waals surface area (Å²) in [5, 5.41) is 2.85. The third-order valence-electron chi connectivity index (χ3n) is 2.42. The molecule has 1 aromatic heterocycles. The van der Waals surface area contributed by atoms with E-state index in [4.69, 9.17) is 5.73 Å². The standard InChI is InChI=1S/C12H8F3N3O2S/c13-12(14,15)8-5-21-11(17-8)18-10(20)7-3-1-2-6(4-7)9(16)19/h1-5H,(H2,16,19)(H,17,18,20). The van der Waals surface area contributed by atoms with Crippen LogP contribution in [0.1, 0.15) is 26.4 Å². The predicted octanol–water partition coefficient (Wildman–Crippen LogP) is 2.51. The molecule has 1 aromatic carbocycles. The summed E-state index contributed by atoms with van der Waals surface area (Å²) in [6.07, 6.45) is -4.56. The van der Waals surface area contributed by atoms with Crippen LogP contribution in [0.4, 0.5) is 18.3 Å². The molecule has 0 radical (unpaired) electrons. The van der Waals surface area contributed by atoms with Crippen molar-refractivity contribution < 1.29 is 22.8 Å². The number of alkyl halides is 3. The van der Waals surface area contributed by atoms with E-state index in [1.807, 2.05) is 0 Å². The summed E-state index contributed by atoms with van der Waals surface area (Å²) in [5.41, 5.74) is 4.22. The van der Waals surface area contributed by atoms with E-state index >= 15 is 0 Å². The van der Waals surface area contributed by atoms with E-state index in [-0.39, 0.29) is 16.3 Å². The van der Waals surface area contributed by atoms with Gasteiger partial charge in [-0.2, -0.15) is 13.2 Å². The number of aromatic nitrogens is 1. The van der Waals surface area contributed by atoms with Gasteiger partial charge in [-0.05, 0) is 18.2 Å². The van der Waals surface area contributed by atoms with E-state index in [0.29, 0.717) is 11.3 Å². The first kappa shape index (κ1) is 15.0. The topological polar surface area (TPSA) is 85.1 Å². The maximum Gasteiger partial charge on any atom is 0.434 e. The van der Waals surface area contributed by atoms with Gasteiger partial charge in [0.2, 0.25) is 5.91 Å². The smallest absolute Gasteiger partial charge is 0.366 e. The Morgan fingerprint density at radius 1 is 1.24 bits per heavy atom. The first-order chi connectivity index (χ1) is 9.77. The minimum absolute atomic E-state index is 0.0926. The van der Waals surface area contributed by atoms with Gasteiger partial charge >= 0.3 is 6.18 Å². The molecule has 0 aliphatic rings. The number of amides is 2. The number of hydrogen-bond donors (Lipinski definition) is 2. The Morgan fingerprint density at radius 2 is 1.90 bits per heavy atom. The van der Waals surface area contributed by atoms with Gasteiger partial charge in [-0.15, -0.1) is 11.3 Å². The zero-order valence-electron chi connectivity index (χ0n) is 10.3. The largest absolute Gasteiger partial charge is 0.434 e. The van der Waals surface area contributed by atoms with Gasteiger partial charge in [-0.3, -0.25) is 14.9 Å². The minimum Gasteiger partial charge on any atom is -0.366 e. The fourth-order valence-corrected chi connectivity index (χ4v) is 2.16. The number of hydrogen-bond acceptors (Lipinski definition) is 4. The highest BCUT2D eigenvalue weighted by molar-refractivity contribution is 7.14. The Morgan fingerprint density at radius 3 is 2.48 bits per heavy atom. The number of carbonyl (C=O) groups excluding carboxylic acids is 2. The molecule has 0 fully saturated rings. The molecule has 0 saturated carbocycles. The Balaban J connectivity index is 2.16. The van der Waals surface area contributed by atoms with Crippen LogP contribution >= 0.6 is 11.3 Å². The maximum atomic E-state index is 12.4. The second-order valence-corrected chi connectivity index (χ2v) is 4.79. The van der Waals surface area contributed by atoms with E-state index in [9.17, 15) is 22.8 Å². The Hall–Kier alpha value is -2.42. The van der Waals surface area contributed by atoms with E-state index in [1.165, 1.54) is 24.3 Å². The van der Waals surface area contributed by atoms with Gasteiger partial charge < -0.3 is 5.73 Å². The summed E-state index contributed by atoms with van der Waals surface area (Å²) < 4.78 is 37.2. The maximum absolute atomic E-state index is 12.4. The van der Waals surface area contributed by atoms with Crippen molar-refractivity contribution in [3.63, 3.8) is 0 Å². The molecule has 0 aliphatic carbocycles. The van der Waals surface area contributed by atoms with Crippen LogP contribution in [0.5, 0.6) is 0 Å². The van der Waals surface area contributed by atoms with Crippen molar-refractivity contribution in [1.29, 1.82) is 0 Å². The lowest BCUT2D eigenvalue weighted by atomic mass is 10.1. The van der Waals surface area contributed by atoms with Gasteiger partial charge in [-0.25, -0.2) is 4.98 Å². The average Bonchev–Trinajstić information content (AvgIpc) is 2.87. The zero-order chi connectivity index (χ0) is 15.6. The number of nitrogens with two attached hydrogens (primary N) is 1. The SMILES string of the molecule is NC(=O)c1cccc(C(=O)Nc2nc(C(F)(F)F)cs2)c1. The lowest BCUT2D eigenvalue weighted by Crippen LogP contribution is -2.15. The molecule has 2 rings (SSSR count). The van der Waals surface area contributed by atoms with Gasteiger partial charge in [0.15, 0.2) is 10.8 Å². The molecule has 0 spiro atoms. The third-order valence-corrected chi connectivity index (χ3v) is 3.18. The van der Waals surface area contributed by atoms with Gasteiger partial charge in [0.25, 0.3) is 5.91 Å². The summed E-state index contributed by atoms with van der Waals surface area (Å²) >= 11 is 0.655. The molecule has 110 valence electrons. The van der Waals surface area contributed by atoms with E-state index in [0.717, 1.165) is 5.38 Å². The lowest BCUT2D eigenvalue weighted by Gasteiger charge is -2.03. The van der Waals surface area contributed by atoms with Crippen molar-refractivity contribution in [1.82, 2.24) is 4.98 Å². The van der Waals surface area contributed by atoms with Crippen molar-refractivity contribution in [2.75, 3.05) is 5.32 Å². The fraction of sp³-hybridized carbons (Fsp3) is 0.0833. The van der Waals surface area contributed by atoms with Crippen molar-refractivity contribution in [3.05, 3.63) is 46.5 Å². The number of carbonyl (C=O) groups is 2. The molecule has 21 heavy (non-hydrogen) atoms. The fourth-order valence-electron chi connectivity index (χ4n) is 1.44. The molecule has 0 unspecified atom stereocenters. The number of nitrogens with one attached hydrogen (secondary N) is 1. The molecule has 1 heterocycles. The normalized spacial score (nSPS) is 11.2. The summed E-state index contributed by atoms with van der Waals surface area (Å²) in [5.74, 6) is -1.39. The van der Waals surface area contributed by atoms with E-state index < -0.39 is 23.7 Å². The van der Waals surface area contributed by atoms with Crippen molar-refractivity contribution >= 4 is 28.3 Å². The number of benzene rings is 1. The molecule has 0 saturated heterocycles. The molecule has 3 N–H and O–H groups in total. The quantitative estimate of drug-likeness (QED) is 0.912. The highest BCUT2D eigenvalue weighted by atomic mass is 32.1. The number of thiazole rings is 1. The molecule has 0 atom stereocenters. The van der Waals surface area contributed by atoms with Gasteiger partial charge in [0.05, 0.1) is 0 Å². The number of anilines is 1. The Labute approximate surface area is 120 Å². The number of primary amides is 1. The summed E-state index contributed by atoms with van der Waals surface area (Å²) in [7, 11) is 0. The van der Waals surface area contributed by atoms with E-state index in [2.05, 4.69) is 10.3 Å². The van der Waals surface area contributed by atoms with Crippen molar-refractivity contribution in [2.45, 2.75) is 6.18 Å². The van der Waals surface area contributed by atoms with Crippen LogP contribution in [-0.2, 0) is 6.18 Å². The van der Waals surface area contributed by atoms with Crippen LogP contribution in [0, 0.1) is 0 Å². The van der Waals surface area contributed by atoms with Gasteiger partial charge in [0, 0.05) is 16.5 Å². The minimum atomic E-state index is -4.56. The summed E-state index contributed by atoms with van der Waals surface area (Å²) in [6, 6.07) is 5.51. The third kappa shape index (κ3) is 3.57. The first-order valence-electron chi connectivity index (χ1n) is 5.51. The van der Waals surface area contributed by atoms with Crippen LogP contribution in [0.25, 0.3) is 0 Å². The van der Waals surface area contributed by atoms with E-state index in [1.54, 1.807) is 0 Å². The number of rotatable bonds is 3. The molecule has 0 aliphatic heterocycles. The van der Waals surface area contributed by atoms with Crippen LogP contribution in [0.3, 0.4) is 0 Å². The lowest BCUT2D eigenvalue weighted by molar-refractivity contribution is -0.140. The second-order valence-electron chi connectivity index (χ2n) is 3.93.